The third-order valence-corrected chi connectivity index (χ3v) is 2.36. The second kappa shape index (κ2) is 4.64. The van der Waals surface area contributed by atoms with Crippen LogP contribution in [-0.4, -0.2) is 18.1 Å². The maximum Gasteiger partial charge on any atom is 0.333 e. The van der Waals surface area contributed by atoms with Gasteiger partial charge in [-0.2, -0.15) is 0 Å². The summed E-state index contributed by atoms with van der Waals surface area (Å²) >= 11 is 0. The van der Waals surface area contributed by atoms with Gasteiger partial charge in [-0.25, -0.2) is 4.79 Å². The molecule has 0 aromatic heterocycles. The quantitative estimate of drug-likeness (QED) is 0.742. The van der Waals surface area contributed by atoms with E-state index in [-0.39, 0.29) is 0 Å². The van der Waals surface area contributed by atoms with Gasteiger partial charge in [-0.3, -0.25) is 0 Å². The third kappa shape index (κ3) is 2.37. The molecule has 0 heterocycles. The minimum atomic E-state index is -0.900. The van der Waals surface area contributed by atoms with Crippen molar-refractivity contribution in [3.8, 4) is 0 Å². The van der Waals surface area contributed by atoms with Crippen LogP contribution in [0.4, 0.5) is 0 Å². The van der Waals surface area contributed by atoms with Crippen molar-refractivity contribution in [2.75, 3.05) is 7.05 Å². The first kappa shape index (κ1) is 11.3. The topological polar surface area (TPSA) is 49.3 Å². The fourth-order valence-electron chi connectivity index (χ4n) is 1.48. The Labute approximate surface area is 89.4 Å². The molecule has 0 bridgehead atoms. The third-order valence-electron chi connectivity index (χ3n) is 2.36. The number of carboxylic acids is 1. The highest BCUT2D eigenvalue weighted by atomic mass is 16.4. The summed E-state index contributed by atoms with van der Waals surface area (Å²) in [5.74, 6) is -0.900. The van der Waals surface area contributed by atoms with Gasteiger partial charge in [0.25, 0.3) is 0 Å². The highest BCUT2D eigenvalue weighted by molar-refractivity contribution is 5.95. The van der Waals surface area contributed by atoms with E-state index in [4.69, 9.17) is 5.11 Å². The van der Waals surface area contributed by atoms with Gasteiger partial charge in [0.15, 0.2) is 0 Å². The van der Waals surface area contributed by atoms with Crippen molar-refractivity contribution in [3.63, 3.8) is 0 Å². The van der Waals surface area contributed by atoms with Crippen molar-refractivity contribution in [1.29, 1.82) is 0 Å². The van der Waals surface area contributed by atoms with Crippen LogP contribution in [0.1, 0.15) is 18.1 Å². The number of carbonyl (C=O) groups is 1. The van der Waals surface area contributed by atoms with Gasteiger partial charge in [0, 0.05) is 12.6 Å². The summed E-state index contributed by atoms with van der Waals surface area (Å²) in [5.41, 5.74) is 2.98. The molecule has 1 rings (SSSR count). The molecule has 2 N–H and O–H groups in total. The lowest BCUT2D eigenvalue weighted by Crippen LogP contribution is -2.12. The van der Waals surface area contributed by atoms with E-state index in [1.54, 1.807) is 14.0 Å². The number of benzene rings is 1. The van der Waals surface area contributed by atoms with Crippen LogP contribution in [0.15, 0.2) is 29.8 Å². The molecule has 3 heteroatoms. The Balaban J connectivity index is 3.31. The van der Waals surface area contributed by atoms with Crippen LogP contribution < -0.4 is 5.32 Å². The Morgan fingerprint density at radius 1 is 1.33 bits per heavy atom. The molecule has 1 aromatic carbocycles. The molecular formula is C12H15NO2. The van der Waals surface area contributed by atoms with E-state index in [1.807, 2.05) is 31.2 Å². The van der Waals surface area contributed by atoms with Crippen LogP contribution >= 0.6 is 0 Å². The average molecular weight is 205 g/mol. The van der Waals surface area contributed by atoms with Crippen molar-refractivity contribution in [1.82, 2.24) is 5.32 Å². The smallest absolute Gasteiger partial charge is 0.333 e. The number of hydrogen-bond acceptors (Lipinski definition) is 2. The number of carboxylic acid groups (broad SMARTS) is 1. The lowest BCUT2D eigenvalue weighted by atomic mass is 10.0. The molecule has 0 fully saturated rings. The minimum absolute atomic E-state index is 0.326. The summed E-state index contributed by atoms with van der Waals surface area (Å²) in [7, 11) is 1.73. The van der Waals surface area contributed by atoms with Gasteiger partial charge in [-0.05, 0) is 19.4 Å². The van der Waals surface area contributed by atoms with Crippen molar-refractivity contribution in [2.45, 2.75) is 13.8 Å². The molecule has 15 heavy (non-hydrogen) atoms. The van der Waals surface area contributed by atoms with Crippen molar-refractivity contribution >= 4 is 11.7 Å². The Kier molecular flexibility index (Phi) is 3.50. The first-order chi connectivity index (χ1) is 7.07. The predicted molar refractivity (Wildman–Crippen MR) is 60.5 cm³/mol. The standard InChI is InChI=1S/C12H15NO2/c1-8-6-4-5-7-10(8)11(13-3)9(2)12(14)15/h4-7,13H,1-3H3,(H,14,15)/b11-9-. The first-order valence-corrected chi connectivity index (χ1v) is 4.76. The van der Waals surface area contributed by atoms with Crippen molar-refractivity contribution < 1.29 is 9.90 Å². The number of aliphatic carboxylic acids is 1. The van der Waals surface area contributed by atoms with Gasteiger partial charge in [0.1, 0.15) is 0 Å². The molecule has 1 aromatic rings. The van der Waals surface area contributed by atoms with Crippen molar-refractivity contribution in [2.24, 2.45) is 0 Å². The number of aryl methyl sites for hydroxylation is 1. The minimum Gasteiger partial charge on any atom is -0.478 e. The molecule has 0 atom stereocenters. The summed E-state index contributed by atoms with van der Waals surface area (Å²) in [6.45, 7) is 3.56. The van der Waals surface area contributed by atoms with E-state index in [0.717, 1.165) is 11.1 Å². The Bertz CT molecular complexity index is 408. The molecule has 0 aliphatic heterocycles. The van der Waals surface area contributed by atoms with Crippen LogP contribution in [0.3, 0.4) is 0 Å². The van der Waals surface area contributed by atoms with Crippen LogP contribution in [0.2, 0.25) is 0 Å². The molecule has 0 aliphatic carbocycles. The summed E-state index contributed by atoms with van der Waals surface area (Å²) < 4.78 is 0. The molecule has 0 saturated carbocycles. The Hall–Kier alpha value is -1.77. The highest BCUT2D eigenvalue weighted by Gasteiger charge is 2.11. The Morgan fingerprint density at radius 2 is 1.93 bits per heavy atom. The van der Waals surface area contributed by atoms with Crippen LogP contribution in [0.25, 0.3) is 5.70 Å². The van der Waals surface area contributed by atoms with E-state index in [0.29, 0.717) is 11.3 Å². The number of rotatable bonds is 3. The summed E-state index contributed by atoms with van der Waals surface area (Å²) in [4.78, 5) is 10.9. The Morgan fingerprint density at radius 3 is 2.40 bits per heavy atom. The van der Waals surface area contributed by atoms with Gasteiger partial charge in [-0.15, -0.1) is 0 Å². The second-order valence-corrected chi connectivity index (χ2v) is 3.37. The molecular weight excluding hydrogens is 190 g/mol. The van der Waals surface area contributed by atoms with Gasteiger partial charge in [0.2, 0.25) is 0 Å². The largest absolute Gasteiger partial charge is 0.478 e. The van der Waals surface area contributed by atoms with Gasteiger partial charge < -0.3 is 10.4 Å². The fraction of sp³-hybridized carbons (Fsp3) is 0.250. The molecule has 0 radical (unpaired) electrons. The monoisotopic (exact) mass is 205 g/mol. The fourth-order valence-corrected chi connectivity index (χ4v) is 1.48. The van der Waals surface area contributed by atoms with Crippen LogP contribution in [0.5, 0.6) is 0 Å². The van der Waals surface area contributed by atoms with E-state index in [1.165, 1.54) is 0 Å². The molecule has 0 saturated heterocycles. The van der Waals surface area contributed by atoms with E-state index in [2.05, 4.69) is 5.32 Å². The number of hydrogen-bond donors (Lipinski definition) is 2. The molecule has 3 nitrogen and oxygen atoms in total. The average Bonchev–Trinajstić information content (AvgIpc) is 2.21. The van der Waals surface area contributed by atoms with E-state index >= 15 is 0 Å². The predicted octanol–water partition coefficient (Wildman–Crippen LogP) is 2.03. The normalized spacial score (nSPS) is 11.9. The van der Waals surface area contributed by atoms with E-state index < -0.39 is 5.97 Å². The lowest BCUT2D eigenvalue weighted by Gasteiger charge is -2.12. The summed E-state index contributed by atoms with van der Waals surface area (Å²) in [6.07, 6.45) is 0. The van der Waals surface area contributed by atoms with E-state index in [9.17, 15) is 4.79 Å². The molecule has 0 aliphatic rings. The maximum absolute atomic E-state index is 10.9. The zero-order valence-electron chi connectivity index (χ0n) is 9.16. The zero-order valence-corrected chi connectivity index (χ0v) is 9.16. The van der Waals surface area contributed by atoms with Gasteiger partial charge >= 0.3 is 5.97 Å². The van der Waals surface area contributed by atoms with Gasteiger partial charge in [0.05, 0.1) is 11.3 Å². The van der Waals surface area contributed by atoms with Crippen LogP contribution in [-0.2, 0) is 4.79 Å². The lowest BCUT2D eigenvalue weighted by molar-refractivity contribution is -0.132. The molecule has 80 valence electrons. The summed E-state index contributed by atoms with van der Waals surface area (Å²) in [6, 6.07) is 7.70. The van der Waals surface area contributed by atoms with Crippen molar-refractivity contribution in [3.05, 3.63) is 41.0 Å². The van der Waals surface area contributed by atoms with Crippen LogP contribution in [0, 0.1) is 6.92 Å². The zero-order chi connectivity index (χ0) is 11.4. The SMILES string of the molecule is CN/C(=C(/C)C(=O)O)c1ccccc1C. The number of nitrogens with one attached hydrogen (secondary N) is 1. The molecule has 0 spiro atoms. The second-order valence-electron chi connectivity index (χ2n) is 3.37. The maximum atomic E-state index is 10.9. The summed E-state index contributed by atoms with van der Waals surface area (Å²) in [5, 5.41) is 11.9. The molecule has 0 amide bonds. The van der Waals surface area contributed by atoms with Gasteiger partial charge in [-0.1, -0.05) is 24.3 Å². The molecule has 0 unspecified atom stereocenters. The first-order valence-electron chi connectivity index (χ1n) is 4.76. The highest BCUT2D eigenvalue weighted by Crippen LogP contribution is 2.19.